The Morgan fingerprint density at radius 2 is 1.81 bits per heavy atom. The number of halogens is 3. The van der Waals surface area contributed by atoms with Crippen LogP contribution in [0.3, 0.4) is 0 Å². The average molecular weight is 361 g/mol. The lowest BCUT2D eigenvalue weighted by Crippen LogP contribution is -2.40. The zero-order chi connectivity index (χ0) is 18.3. The van der Waals surface area contributed by atoms with Crippen molar-refractivity contribution in [2.75, 3.05) is 18.0 Å². The zero-order valence-electron chi connectivity index (χ0n) is 14.2. The van der Waals surface area contributed by atoms with Gasteiger partial charge in [-0.1, -0.05) is 6.92 Å². The highest BCUT2D eigenvalue weighted by Crippen LogP contribution is 2.38. The Labute approximate surface area is 148 Å². The molecule has 1 fully saturated rings. The van der Waals surface area contributed by atoms with Crippen LogP contribution in [-0.2, 0) is 6.18 Å². The number of nitrogens with zero attached hydrogens (tertiary/aromatic N) is 5. The Morgan fingerprint density at radius 1 is 1.04 bits per heavy atom. The van der Waals surface area contributed by atoms with Crippen molar-refractivity contribution < 1.29 is 13.2 Å². The maximum absolute atomic E-state index is 13.3. The van der Waals surface area contributed by atoms with E-state index in [1.165, 1.54) is 18.5 Å². The highest BCUT2D eigenvalue weighted by Gasteiger charge is 2.35. The van der Waals surface area contributed by atoms with Gasteiger partial charge in [0, 0.05) is 37.9 Å². The van der Waals surface area contributed by atoms with Crippen LogP contribution < -0.4 is 4.90 Å². The van der Waals surface area contributed by atoms with Gasteiger partial charge in [-0.3, -0.25) is 9.97 Å². The van der Waals surface area contributed by atoms with Crippen LogP contribution in [0.15, 0.2) is 43.2 Å². The number of imidazole rings is 1. The summed E-state index contributed by atoms with van der Waals surface area (Å²) in [6.07, 6.45) is 4.72. The van der Waals surface area contributed by atoms with Crippen molar-refractivity contribution in [1.82, 2.24) is 19.5 Å². The average Bonchev–Trinajstić information content (AvgIpc) is 3.14. The Morgan fingerprint density at radius 3 is 2.50 bits per heavy atom. The summed E-state index contributed by atoms with van der Waals surface area (Å²) in [5, 5.41) is 0. The summed E-state index contributed by atoms with van der Waals surface area (Å²) in [4.78, 5) is 14.4. The van der Waals surface area contributed by atoms with Gasteiger partial charge in [-0.05, 0) is 24.5 Å². The number of anilines is 1. The molecule has 0 N–H and O–H groups in total. The third-order valence-corrected chi connectivity index (χ3v) is 4.83. The molecule has 2 atom stereocenters. The van der Waals surface area contributed by atoms with Crippen molar-refractivity contribution in [3.8, 4) is 0 Å². The molecule has 3 aromatic rings. The molecule has 0 saturated carbocycles. The van der Waals surface area contributed by atoms with Crippen molar-refractivity contribution in [2.24, 2.45) is 5.92 Å². The van der Waals surface area contributed by atoms with Gasteiger partial charge in [0.1, 0.15) is 11.0 Å². The summed E-state index contributed by atoms with van der Waals surface area (Å²) in [6, 6.07) is 2.84. The van der Waals surface area contributed by atoms with Crippen molar-refractivity contribution in [1.29, 1.82) is 0 Å². The summed E-state index contributed by atoms with van der Waals surface area (Å²) in [7, 11) is 0. The third-order valence-electron chi connectivity index (χ3n) is 4.83. The smallest absolute Gasteiger partial charge is 0.367 e. The topological polar surface area (TPSA) is 46.8 Å². The van der Waals surface area contributed by atoms with E-state index < -0.39 is 11.7 Å². The van der Waals surface area contributed by atoms with Gasteiger partial charge in [-0.25, -0.2) is 4.98 Å². The molecular formula is C18H18F3N5. The second-order valence-corrected chi connectivity index (χ2v) is 6.79. The first-order chi connectivity index (χ1) is 12.4. The second-order valence-electron chi connectivity index (χ2n) is 6.79. The molecule has 0 radical (unpaired) electrons. The monoisotopic (exact) mass is 361 g/mol. The van der Waals surface area contributed by atoms with Crippen molar-refractivity contribution >= 4 is 16.7 Å². The predicted molar refractivity (Wildman–Crippen MR) is 91.8 cm³/mol. The first-order valence-corrected chi connectivity index (χ1v) is 8.47. The van der Waals surface area contributed by atoms with Crippen LogP contribution in [0.2, 0.25) is 0 Å². The van der Waals surface area contributed by atoms with Gasteiger partial charge < -0.3 is 9.47 Å². The zero-order valence-corrected chi connectivity index (χ0v) is 14.2. The molecule has 4 rings (SSSR count). The maximum atomic E-state index is 13.3. The molecule has 26 heavy (non-hydrogen) atoms. The number of alkyl halides is 3. The van der Waals surface area contributed by atoms with Gasteiger partial charge in [-0.15, -0.1) is 0 Å². The van der Waals surface area contributed by atoms with Crippen molar-refractivity contribution in [3.63, 3.8) is 0 Å². The van der Waals surface area contributed by atoms with E-state index in [0.717, 1.165) is 19.0 Å². The van der Waals surface area contributed by atoms with E-state index in [1.54, 1.807) is 12.5 Å². The number of aromatic nitrogens is 4. The van der Waals surface area contributed by atoms with E-state index in [0.29, 0.717) is 23.7 Å². The van der Waals surface area contributed by atoms with E-state index in [1.807, 2.05) is 6.20 Å². The summed E-state index contributed by atoms with van der Waals surface area (Å²) in [6.45, 7) is 3.61. The minimum Gasteiger partial charge on any atom is -0.367 e. The Balaban J connectivity index is 1.77. The summed E-state index contributed by atoms with van der Waals surface area (Å²) in [5.74, 6) is 0.394. The lowest BCUT2D eigenvalue weighted by Gasteiger charge is -2.38. The van der Waals surface area contributed by atoms with Gasteiger partial charge >= 0.3 is 6.18 Å². The molecule has 0 unspecified atom stereocenters. The largest absolute Gasteiger partial charge is 0.418 e. The van der Waals surface area contributed by atoms with Crippen LogP contribution in [0.25, 0.3) is 11.0 Å². The van der Waals surface area contributed by atoms with Crippen LogP contribution in [0.1, 0.15) is 24.9 Å². The molecule has 8 heteroatoms. The maximum Gasteiger partial charge on any atom is 0.418 e. The van der Waals surface area contributed by atoms with Gasteiger partial charge in [0.25, 0.3) is 0 Å². The molecule has 1 aromatic carbocycles. The molecule has 136 valence electrons. The molecule has 0 bridgehead atoms. The van der Waals surface area contributed by atoms with E-state index in [2.05, 4.69) is 31.3 Å². The Bertz CT molecular complexity index is 907. The fourth-order valence-electron chi connectivity index (χ4n) is 3.74. The van der Waals surface area contributed by atoms with Crippen LogP contribution in [0, 0.1) is 5.92 Å². The summed E-state index contributed by atoms with van der Waals surface area (Å²) in [5.41, 5.74) is 0.133. The Kier molecular flexibility index (Phi) is 4.05. The summed E-state index contributed by atoms with van der Waals surface area (Å²) < 4.78 is 42.0. The fourth-order valence-corrected chi connectivity index (χ4v) is 3.74. The number of benzene rings is 1. The fraction of sp³-hybridized carbons (Fsp3) is 0.389. The molecule has 0 aliphatic carbocycles. The lowest BCUT2D eigenvalue weighted by atomic mass is 9.95. The predicted octanol–water partition coefficient (Wildman–Crippen LogP) is 3.93. The van der Waals surface area contributed by atoms with Gasteiger partial charge in [0.05, 0.1) is 23.6 Å². The molecule has 0 spiro atoms. The second kappa shape index (κ2) is 6.26. The summed E-state index contributed by atoms with van der Waals surface area (Å²) >= 11 is 0. The highest BCUT2D eigenvalue weighted by atomic mass is 19.4. The van der Waals surface area contributed by atoms with Crippen molar-refractivity contribution in [3.05, 3.63) is 48.8 Å². The van der Waals surface area contributed by atoms with Gasteiger partial charge in [-0.2, -0.15) is 13.2 Å². The lowest BCUT2D eigenvalue weighted by molar-refractivity contribution is -0.136. The van der Waals surface area contributed by atoms with Crippen LogP contribution in [0.5, 0.6) is 0 Å². The minimum atomic E-state index is -4.46. The van der Waals surface area contributed by atoms with Crippen LogP contribution in [0.4, 0.5) is 18.9 Å². The third kappa shape index (κ3) is 3.00. The molecule has 3 heterocycles. The van der Waals surface area contributed by atoms with Gasteiger partial charge in [0.2, 0.25) is 0 Å². The van der Waals surface area contributed by atoms with Gasteiger partial charge in [0.15, 0.2) is 0 Å². The minimum absolute atomic E-state index is 0.102. The molecular weight excluding hydrogens is 343 g/mol. The number of piperidine rings is 1. The van der Waals surface area contributed by atoms with Crippen LogP contribution >= 0.6 is 0 Å². The normalized spacial score (nSPS) is 21.3. The van der Waals surface area contributed by atoms with E-state index in [-0.39, 0.29) is 11.6 Å². The van der Waals surface area contributed by atoms with Crippen molar-refractivity contribution in [2.45, 2.75) is 25.6 Å². The first kappa shape index (κ1) is 16.8. The quantitative estimate of drug-likeness (QED) is 0.694. The SMILES string of the molecule is C[C@H]1C[C@@H](n2ccnc2)CN(c2ccc(C(F)(F)F)c3nccnc23)C1. The van der Waals surface area contributed by atoms with E-state index >= 15 is 0 Å². The molecule has 1 aliphatic rings. The molecule has 0 amide bonds. The molecule has 1 aliphatic heterocycles. The van der Waals surface area contributed by atoms with E-state index in [4.69, 9.17) is 0 Å². The number of hydrogen-bond donors (Lipinski definition) is 0. The van der Waals surface area contributed by atoms with Crippen LogP contribution in [-0.4, -0.2) is 32.6 Å². The molecule has 1 saturated heterocycles. The molecule has 5 nitrogen and oxygen atoms in total. The standard InChI is InChI=1S/C18H18F3N5/c1-12-8-13(25-7-6-22-11-25)10-26(9-12)15-3-2-14(18(19,20)21)16-17(15)24-5-4-23-16/h2-7,11-13H,8-10H2,1H3/t12-,13+/m0/s1. The Hall–Kier alpha value is -2.64. The van der Waals surface area contributed by atoms with E-state index in [9.17, 15) is 13.2 Å². The molecule has 2 aromatic heterocycles. The number of rotatable bonds is 2. The first-order valence-electron chi connectivity index (χ1n) is 8.47. The number of hydrogen-bond acceptors (Lipinski definition) is 4. The highest BCUT2D eigenvalue weighted by molar-refractivity contribution is 5.90. The number of fused-ring (bicyclic) bond motifs is 1.